The van der Waals surface area contributed by atoms with Gasteiger partial charge in [0.05, 0.1) is 7.11 Å². The number of para-hydroxylation sites is 1. The molecule has 0 bridgehead atoms. The van der Waals surface area contributed by atoms with Crippen molar-refractivity contribution in [2.24, 2.45) is 0 Å². The third-order valence-electron chi connectivity index (χ3n) is 3.35. The van der Waals surface area contributed by atoms with Crippen molar-refractivity contribution in [3.05, 3.63) is 53.6 Å². The van der Waals surface area contributed by atoms with Crippen LogP contribution in [-0.4, -0.2) is 26.0 Å². The molecule has 0 aromatic heterocycles. The Morgan fingerprint density at radius 2 is 1.81 bits per heavy atom. The van der Waals surface area contributed by atoms with Gasteiger partial charge in [0.1, 0.15) is 5.75 Å². The van der Waals surface area contributed by atoms with Crippen molar-refractivity contribution in [3.63, 3.8) is 0 Å². The normalized spacial score (nSPS) is 11.0. The van der Waals surface area contributed by atoms with E-state index in [1.54, 1.807) is 24.3 Å². The van der Waals surface area contributed by atoms with E-state index in [0.29, 0.717) is 11.5 Å². The number of hydrogen-bond donors (Lipinski definition) is 1. The Morgan fingerprint density at radius 1 is 1.08 bits per heavy atom. The van der Waals surface area contributed by atoms with Gasteiger partial charge in [-0.25, -0.2) is 0 Å². The molecule has 8 heteroatoms. The molecule has 2 rings (SSSR count). The van der Waals surface area contributed by atoms with Crippen molar-refractivity contribution in [1.82, 2.24) is 5.32 Å². The summed E-state index contributed by atoms with van der Waals surface area (Å²) in [5.41, 5.74) is 1.17. The monoisotopic (exact) mass is 369 g/mol. The minimum Gasteiger partial charge on any atom is -0.493 e. The van der Waals surface area contributed by atoms with E-state index in [0.717, 1.165) is 5.56 Å². The molecule has 0 radical (unpaired) electrons. The highest BCUT2D eigenvalue weighted by molar-refractivity contribution is 5.77. The average Bonchev–Trinajstić information content (AvgIpc) is 2.58. The molecule has 0 atom stereocenters. The highest BCUT2D eigenvalue weighted by Crippen LogP contribution is 2.28. The first kappa shape index (κ1) is 19.4. The summed E-state index contributed by atoms with van der Waals surface area (Å²) in [7, 11) is 1.49. The minimum absolute atomic E-state index is 0.126. The lowest BCUT2D eigenvalue weighted by Crippen LogP contribution is -2.29. The summed E-state index contributed by atoms with van der Waals surface area (Å²) in [6.45, 7) is 1.46. The highest BCUT2D eigenvalue weighted by atomic mass is 19.4. The summed E-state index contributed by atoms with van der Waals surface area (Å²) in [4.78, 5) is 11.9. The van der Waals surface area contributed by atoms with E-state index in [1.165, 1.54) is 25.3 Å². The first-order valence-corrected chi connectivity index (χ1v) is 7.66. The van der Waals surface area contributed by atoms with Gasteiger partial charge in [0.25, 0.3) is 5.91 Å². The van der Waals surface area contributed by atoms with Gasteiger partial charge in [-0.1, -0.05) is 24.3 Å². The lowest BCUT2D eigenvalue weighted by Gasteiger charge is -2.14. The van der Waals surface area contributed by atoms with Gasteiger partial charge in [-0.15, -0.1) is 13.2 Å². The van der Waals surface area contributed by atoms with Gasteiger partial charge >= 0.3 is 6.36 Å². The SMILES string of the molecule is COc1cc(C)ccc1OCC(=O)NCc1ccccc1OC(F)(F)F. The first-order chi connectivity index (χ1) is 12.3. The number of carbonyl (C=O) groups excluding carboxylic acids is 1. The average molecular weight is 369 g/mol. The smallest absolute Gasteiger partial charge is 0.493 e. The van der Waals surface area contributed by atoms with Gasteiger partial charge in [0, 0.05) is 12.1 Å². The van der Waals surface area contributed by atoms with Crippen molar-refractivity contribution in [1.29, 1.82) is 0 Å². The van der Waals surface area contributed by atoms with Crippen LogP contribution in [0.2, 0.25) is 0 Å². The second kappa shape index (κ2) is 8.46. The Morgan fingerprint density at radius 3 is 2.50 bits per heavy atom. The summed E-state index contributed by atoms with van der Waals surface area (Å²) in [6.07, 6.45) is -4.80. The second-order valence-electron chi connectivity index (χ2n) is 5.38. The van der Waals surface area contributed by atoms with Crippen LogP contribution in [0, 0.1) is 6.92 Å². The van der Waals surface area contributed by atoms with Crippen LogP contribution in [0.25, 0.3) is 0 Å². The third kappa shape index (κ3) is 5.87. The van der Waals surface area contributed by atoms with Crippen LogP contribution >= 0.6 is 0 Å². The van der Waals surface area contributed by atoms with Gasteiger partial charge in [-0.2, -0.15) is 0 Å². The summed E-state index contributed by atoms with van der Waals surface area (Å²) in [5.74, 6) is 0.0339. The summed E-state index contributed by atoms with van der Waals surface area (Å²) in [6, 6.07) is 10.8. The van der Waals surface area contributed by atoms with Crippen molar-refractivity contribution in [2.45, 2.75) is 19.8 Å². The van der Waals surface area contributed by atoms with Crippen LogP contribution in [-0.2, 0) is 11.3 Å². The quantitative estimate of drug-likeness (QED) is 0.810. The fraction of sp³-hybridized carbons (Fsp3) is 0.278. The first-order valence-electron chi connectivity index (χ1n) is 7.66. The number of nitrogens with one attached hydrogen (secondary N) is 1. The van der Waals surface area contributed by atoms with Crippen LogP contribution in [0.1, 0.15) is 11.1 Å². The molecule has 1 amide bonds. The molecular formula is C18H18F3NO4. The molecular weight excluding hydrogens is 351 g/mol. The van der Waals surface area contributed by atoms with E-state index in [-0.39, 0.29) is 24.5 Å². The predicted molar refractivity (Wildman–Crippen MR) is 88.2 cm³/mol. The van der Waals surface area contributed by atoms with Crippen LogP contribution in [0.5, 0.6) is 17.2 Å². The lowest BCUT2D eigenvalue weighted by molar-refractivity contribution is -0.274. The van der Waals surface area contributed by atoms with Crippen molar-refractivity contribution in [2.75, 3.05) is 13.7 Å². The summed E-state index contributed by atoms with van der Waals surface area (Å²) < 4.78 is 51.7. The molecule has 0 spiro atoms. The molecule has 0 aliphatic heterocycles. The molecule has 0 saturated heterocycles. The van der Waals surface area contributed by atoms with E-state index in [1.807, 2.05) is 6.92 Å². The Balaban J connectivity index is 1.92. The molecule has 0 heterocycles. The third-order valence-corrected chi connectivity index (χ3v) is 3.35. The Bertz CT molecular complexity index is 762. The van der Waals surface area contributed by atoms with E-state index in [2.05, 4.69) is 10.1 Å². The number of alkyl halides is 3. The molecule has 0 aliphatic rings. The molecule has 26 heavy (non-hydrogen) atoms. The van der Waals surface area contributed by atoms with E-state index in [9.17, 15) is 18.0 Å². The fourth-order valence-corrected chi connectivity index (χ4v) is 2.16. The molecule has 5 nitrogen and oxygen atoms in total. The molecule has 0 fully saturated rings. The van der Waals surface area contributed by atoms with E-state index < -0.39 is 12.3 Å². The molecule has 1 N–H and O–H groups in total. The Kier molecular flexibility index (Phi) is 6.32. The maximum atomic E-state index is 12.4. The zero-order chi connectivity index (χ0) is 19.2. The zero-order valence-electron chi connectivity index (χ0n) is 14.2. The molecule has 0 saturated carbocycles. The van der Waals surface area contributed by atoms with Crippen LogP contribution < -0.4 is 19.5 Å². The highest BCUT2D eigenvalue weighted by Gasteiger charge is 2.31. The minimum atomic E-state index is -4.80. The van der Waals surface area contributed by atoms with Crippen LogP contribution in [0.4, 0.5) is 13.2 Å². The van der Waals surface area contributed by atoms with Crippen LogP contribution in [0.3, 0.4) is 0 Å². The number of ether oxygens (including phenoxy) is 3. The largest absolute Gasteiger partial charge is 0.573 e. The predicted octanol–water partition coefficient (Wildman–Crippen LogP) is 3.60. The number of methoxy groups -OCH3 is 1. The number of halogens is 3. The van der Waals surface area contributed by atoms with Gasteiger partial charge in [0.2, 0.25) is 0 Å². The molecule has 2 aromatic carbocycles. The second-order valence-corrected chi connectivity index (χ2v) is 5.38. The lowest BCUT2D eigenvalue weighted by atomic mass is 10.2. The fourth-order valence-electron chi connectivity index (χ4n) is 2.16. The van der Waals surface area contributed by atoms with E-state index in [4.69, 9.17) is 9.47 Å². The van der Waals surface area contributed by atoms with Gasteiger partial charge in [-0.05, 0) is 30.7 Å². The van der Waals surface area contributed by atoms with Crippen molar-refractivity contribution < 1.29 is 32.2 Å². The zero-order valence-corrected chi connectivity index (χ0v) is 14.2. The van der Waals surface area contributed by atoms with Gasteiger partial charge in [0.15, 0.2) is 18.1 Å². The number of aryl methyl sites for hydroxylation is 1. The van der Waals surface area contributed by atoms with Crippen LogP contribution in [0.15, 0.2) is 42.5 Å². The molecule has 140 valence electrons. The maximum Gasteiger partial charge on any atom is 0.573 e. The number of hydrogen-bond acceptors (Lipinski definition) is 4. The van der Waals surface area contributed by atoms with Crippen molar-refractivity contribution >= 4 is 5.91 Å². The summed E-state index contributed by atoms with van der Waals surface area (Å²) >= 11 is 0. The number of benzene rings is 2. The van der Waals surface area contributed by atoms with Gasteiger partial charge < -0.3 is 19.5 Å². The molecule has 0 unspecified atom stereocenters. The number of rotatable bonds is 7. The molecule has 2 aromatic rings. The van der Waals surface area contributed by atoms with Crippen molar-refractivity contribution in [3.8, 4) is 17.2 Å². The topological polar surface area (TPSA) is 56.8 Å². The Hall–Kier alpha value is -2.90. The standard InChI is InChI=1S/C18H18F3NO4/c1-12-7-8-15(16(9-12)24-2)25-11-17(23)22-10-13-5-3-4-6-14(13)26-18(19,20)21/h3-9H,10-11H2,1-2H3,(H,22,23). The Labute approximate surface area is 148 Å². The number of carbonyl (C=O) groups is 1. The number of amides is 1. The maximum absolute atomic E-state index is 12.4. The van der Waals surface area contributed by atoms with E-state index >= 15 is 0 Å². The molecule has 0 aliphatic carbocycles. The summed E-state index contributed by atoms with van der Waals surface area (Å²) in [5, 5.41) is 2.49. The van der Waals surface area contributed by atoms with Gasteiger partial charge in [-0.3, -0.25) is 4.79 Å².